The highest BCUT2D eigenvalue weighted by Gasteiger charge is 2.25. The zero-order chi connectivity index (χ0) is 24.8. The van der Waals surface area contributed by atoms with Crippen LogP contribution in [-0.4, -0.2) is 61.6 Å². The minimum absolute atomic E-state index is 0.280. The molecule has 36 heavy (non-hydrogen) atoms. The smallest absolute Gasteiger partial charge is 0.410 e. The summed E-state index contributed by atoms with van der Waals surface area (Å²) in [6, 6.07) is 10.3. The van der Waals surface area contributed by atoms with Crippen LogP contribution in [0, 0.1) is 6.92 Å². The molecule has 1 atom stereocenters. The first-order valence-corrected chi connectivity index (χ1v) is 12.8. The summed E-state index contributed by atoms with van der Waals surface area (Å²) in [7, 11) is 1.91. The lowest BCUT2D eigenvalue weighted by atomic mass is 10.1. The highest BCUT2D eigenvalue weighted by molar-refractivity contribution is 7.18. The Hall–Kier alpha value is -3.92. The number of fused-ring (bicyclic) bond motifs is 2. The monoisotopic (exact) mass is 501 g/mol. The van der Waals surface area contributed by atoms with Crippen LogP contribution in [0.3, 0.4) is 0 Å². The Morgan fingerprint density at radius 2 is 1.86 bits per heavy atom. The highest BCUT2D eigenvalue weighted by atomic mass is 32.1. The summed E-state index contributed by atoms with van der Waals surface area (Å²) < 4.78 is 10.6. The number of thiazole rings is 1. The number of hydrogen-bond acceptors (Lipinski definition) is 7. The number of pyridine rings is 1. The molecule has 1 fully saturated rings. The summed E-state index contributed by atoms with van der Waals surface area (Å²) in [5.74, 6) is 0. The number of carbonyl (C=O) groups excluding carboxylic acids is 1. The van der Waals surface area contributed by atoms with Gasteiger partial charge in [-0.25, -0.2) is 14.3 Å². The molecule has 0 spiro atoms. The molecule has 4 aromatic heterocycles. The number of ether oxygens (including phenoxy) is 1. The third-order valence-corrected chi connectivity index (χ3v) is 7.63. The van der Waals surface area contributed by atoms with E-state index >= 15 is 0 Å². The van der Waals surface area contributed by atoms with Gasteiger partial charge in [0.15, 0.2) is 0 Å². The molecule has 1 aromatic carbocycles. The molecule has 0 N–H and O–H groups in total. The van der Waals surface area contributed by atoms with Crippen LogP contribution in [0.4, 0.5) is 10.5 Å². The van der Waals surface area contributed by atoms with E-state index in [2.05, 4.69) is 32.2 Å². The summed E-state index contributed by atoms with van der Waals surface area (Å²) in [5.41, 5.74) is 6.14. The van der Waals surface area contributed by atoms with Crippen molar-refractivity contribution in [2.24, 2.45) is 7.05 Å². The molecule has 0 saturated carbocycles. The maximum atomic E-state index is 12.9. The van der Waals surface area contributed by atoms with E-state index in [-0.39, 0.29) is 12.2 Å². The molecule has 1 unspecified atom stereocenters. The molecule has 10 heteroatoms. The second-order valence-electron chi connectivity index (χ2n) is 9.14. The van der Waals surface area contributed by atoms with Crippen molar-refractivity contribution in [3.8, 4) is 11.1 Å². The van der Waals surface area contributed by atoms with Crippen LogP contribution < -0.4 is 4.90 Å². The maximum absolute atomic E-state index is 12.9. The van der Waals surface area contributed by atoms with Gasteiger partial charge in [0.2, 0.25) is 0 Å². The predicted molar refractivity (Wildman–Crippen MR) is 140 cm³/mol. The highest BCUT2D eigenvalue weighted by Crippen LogP contribution is 2.28. The van der Waals surface area contributed by atoms with E-state index < -0.39 is 0 Å². The van der Waals surface area contributed by atoms with Gasteiger partial charge in [0.1, 0.15) is 6.10 Å². The molecule has 1 saturated heterocycles. The van der Waals surface area contributed by atoms with Gasteiger partial charge in [0.05, 0.1) is 38.8 Å². The number of benzene rings is 1. The number of amides is 1. The standard InChI is InChI=1S/C26H27N7O2S/c1-17(19-5-7-25-22(12-19)29-18(2)36-25)35-26(34)32-10-8-31(9-11-32)24-14-28-33-16-20(4-6-23(24)33)21-13-27-30(3)15-21/h4-7,12-17H,8-11H2,1-3H3. The second kappa shape index (κ2) is 8.94. The Kier molecular flexibility index (Phi) is 5.60. The van der Waals surface area contributed by atoms with Gasteiger partial charge in [-0.05, 0) is 37.6 Å². The van der Waals surface area contributed by atoms with Gasteiger partial charge in [0.25, 0.3) is 0 Å². The largest absolute Gasteiger partial charge is 0.442 e. The van der Waals surface area contributed by atoms with Crippen molar-refractivity contribution in [2.45, 2.75) is 20.0 Å². The molecule has 0 aliphatic carbocycles. The van der Waals surface area contributed by atoms with Crippen LogP contribution in [0.25, 0.3) is 26.9 Å². The number of hydrogen-bond donors (Lipinski definition) is 0. The normalized spacial score (nSPS) is 15.1. The number of anilines is 1. The van der Waals surface area contributed by atoms with Crippen molar-refractivity contribution in [2.75, 3.05) is 31.1 Å². The summed E-state index contributed by atoms with van der Waals surface area (Å²) in [6.45, 7) is 6.55. The third-order valence-electron chi connectivity index (χ3n) is 6.68. The topological polar surface area (TPSA) is 80.8 Å². The van der Waals surface area contributed by atoms with E-state index in [9.17, 15) is 4.79 Å². The van der Waals surface area contributed by atoms with Crippen LogP contribution in [-0.2, 0) is 11.8 Å². The Balaban J connectivity index is 1.10. The van der Waals surface area contributed by atoms with Crippen molar-refractivity contribution < 1.29 is 9.53 Å². The first-order chi connectivity index (χ1) is 17.4. The molecule has 0 bridgehead atoms. The minimum atomic E-state index is -0.337. The Morgan fingerprint density at radius 1 is 1.03 bits per heavy atom. The number of piperazine rings is 1. The molecule has 1 aliphatic rings. The first kappa shape index (κ1) is 22.5. The van der Waals surface area contributed by atoms with Gasteiger partial charge in [0, 0.05) is 56.7 Å². The van der Waals surface area contributed by atoms with E-state index in [4.69, 9.17) is 4.74 Å². The summed E-state index contributed by atoms with van der Waals surface area (Å²) in [6.07, 6.45) is 7.14. The molecule has 6 rings (SSSR count). The van der Waals surface area contributed by atoms with Crippen molar-refractivity contribution in [3.63, 3.8) is 0 Å². The zero-order valence-electron chi connectivity index (χ0n) is 20.5. The van der Waals surface area contributed by atoms with Gasteiger partial charge < -0.3 is 14.5 Å². The van der Waals surface area contributed by atoms with Crippen molar-refractivity contribution in [3.05, 3.63) is 65.7 Å². The van der Waals surface area contributed by atoms with Crippen LogP contribution in [0.2, 0.25) is 0 Å². The molecule has 9 nitrogen and oxygen atoms in total. The second-order valence-corrected chi connectivity index (χ2v) is 10.4. The number of rotatable bonds is 4. The fourth-order valence-electron chi connectivity index (χ4n) is 4.69. The van der Waals surface area contributed by atoms with E-state index in [0.717, 1.165) is 56.2 Å². The Bertz CT molecular complexity index is 1560. The van der Waals surface area contributed by atoms with Crippen molar-refractivity contribution >= 4 is 38.9 Å². The molecule has 1 aliphatic heterocycles. The van der Waals surface area contributed by atoms with E-state index in [1.165, 1.54) is 0 Å². The molecule has 5 aromatic rings. The number of aromatic nitrogens is 5. The maximum Gasteiger partial charge on any atom is 0.410 e. The van der Waals surface area contributed by atoms with E-state index in [0.29, 0.717) is 13.1 Å². The van der Waals surface area contributed by atoms with E-state index in [1.807, 2.05) is 68.4 Å². The number of nitrogens with zero attached hydrogens (tertiary/aromatic N) is 7. The molecular weight excluding hydrogens is 474 g/mol. The van der Waals surface area contributed by atoms with Crippen molar-refractivity contribution in [1.82, 2.24) is 29.3 Å². The summed E-state index contributed by atoms with van der Waals surface area (Å²) in [5, 5.41) is 9.86. The van der Waals surface area contributed by atoms with Gasteiger partial charge in [-0.3, -0.25) is 4.68 Å². The Labute approximate surface area is 212 Å². The lowest BCUT2D eigenvalue weighted by molar-refractivity contribution is 0.0681. The average Bonchev–Trinajstić information content (AvgIpc) is 3.60. The van der Waals surface area contributed by atoms with Gasteiger partial charge in [-0.2, -0.15) is 10.2 Å². The average molecular weight is 502 g/mol. The van der Waals surface area contributed by atoms with Crippen LogP contribution in [0.1, 0.15) is 23.6 Å². The molecule has 0 radical (unpaired) electrons. The first-order valence-electron chi connectivity index (χ1n) is 12.0. The van der Waals surface area contributed by atoms with E-state index in [1.54, 1.807) is 20.9 Å². The minimum Gasteiger partial charge on any atom is -0.442 e. The fraction of sp³-hybridized carbons (Fsp3) is 0.308. The molecule has 5 heterocycles. The van der Waals surface area contributed by atoms with Crippen LogP contribution >= 0.6 is 11.3 Å². The van der Waals surface area contributed by atoms with Gasteiger partial charge in [-0.1, -0.05) is 12.1 Å². The molecule has 1 amide bonds. The zero-order valence-corrected chi connectivity index (χ0v) is 21.3. The van der Waals surface area contributed by atoms with Gasteiger partial charge in [-0.15, -0.1) is 11.3 Å². The molecule has 184 valence electrons. The van der Waals surface area contributed by atoms with Crippen LogP contribution in [0.5, 0.6) is 0 Å². The predicted octanol–water partition coefficient (Wildman–Crippen LogP) is 4.67. The Morgan fingerprint density at radius 3 is 2.64 bits per heavy atom. The molecular formula is C26H27N7O2S. The summed E-state index contributed by atoms with van der Waals surface area (Å²) >= 11 is 1.67. The number of aryl methyl sites for hydroxylation is 2. The number of carbonyl (C=O) groups is 1. The summed E-state index contributed by atoms with van der Waals surface area (Å²) in [4.78, 5) is 21.5. The van der Waals surface area contributed by atoms with Crippen LogP contribution in [0.15, 0.2) is 55.1 Å². The lowest BCUT2D eigenvalue weighted by Gasteiger charge is -2.35. The third kappa shape index (κ3) is 4.17. The quantitative estimate of drug-likeness (QED) is 0.356. The fourth-order valence-corrected chi connectivity index (χ4v) is 5.50. The van der Waals surface area contributed by atoms with Gasteiger partial charge >= 0.3 is 6.09 Å². The lowest BCUT2D eigenvalue weighted by Crippen LogP contribution is -2.49. The van der Waals surface area contributed by atoms with Crippen molar-refractivity contribution in [1.29, 1.82) is 0 Å². The SMILES string of the molecule is Cc1nc2cc(C(C)OC(=O)N3CCN(c4cnn5cc(-c6cnn(C)c6)ccc45)CC3)ccc2s1.